The lowest BCUT2D eigenvalue weighted by Crippen LogP contribution is -2.56. The number of quaternary nitrogens is 1. The molecule has 0 bridgehead atoms. The van der Waals surface area contributed by atoms with Gasteiger partial charge in [-0.15, -0.1) is 0 Å². The van der Waals surface area contributed by atoms with Crippen LogP contribution in [0.3, 0.4) is 0 Å². The Bertz CT molecular complexity index is 659. The molecule has 0 saturated carbocycles. The molecule has 0 N–H and O–H groups in total. The zero-order valence-electron chi connectivity index (χ0n) is 20.0. The number of benzene rings is 1. The lowest BCUT2D eigenvalue weighted by Gasteiger charge is -2.46. The van der Waals surface area contributed by atoms with Crippen LogP contribution in [0.15, 0.2) is 29.2 Å². The number of nitrogens with zero attached hydrogens (tertiary/aromatic N) is 1. The molecule has 0 heterocycles. The van der Waals surface area contributed by atoms with Crippen molar-refractivity contribution in [2.75, 3.05) is 26.7 Å². The van der Waals surface area contributed by atoms with Gasteiger partial charge in [-0.05, 0) is 19.1 Å². The Kier molecular flexibility index (Phi) is 8.97. The summed E-state index contributed by atoms with van der Waals surface area (Å²) < 4.78 is 32.3. The van der Waals surface area contributed by atoms with Crippen molar-refractivity contribution < 1.29 is 17.5 Å². The molecule has 0 fully saturated rings. The largest absolute Gasteiger partial charge is 0.744 e. The summed E-state index contributed by atoms with van der Waals surface area (Å²) in [6.07, 6.45) is 0. The fourth-order valence-corrected chi connectivity index (χ4v) is 4.78. The summed E-state index contributed by atoms with van der Waals surface area (Å²) in [4.78, 5) is -0.178. The van der Waals surface area contributed by atoms with Crippen molar-refractivity contribution in [3.63, 3.8) is 0 Å². The highest BCUT2D eigenvalue weighted by Crippen LogP contribution is 2.30. The maximum atomic E-state index is 10.4. The molecule has 1 aromatic rings. The molecule has 4 nitrogen and oxygen atoms in total. The molecule has 0 saturated heterocycles. The van der Waals surface area contributed by atoms with Gasteiger partial charge in [-0.25, -0.2) is 8.42 Å². The summed E-state index contributed by atoms with van der Waals surface area (Å²) in [7, 11) is -1.84. The van der Waals surface area contributed by atoms with Gasteiger partial charge in [0.2, 0.25) is 0 Å². The second kappa shape index (κ2) is 9.27. The molecule has 0 aliphatic carbocycles. The second-order valence-corrected chi connectivity index (χ2v) is 13.4. The van der Waals surface area contributed by atoms with Crippen LogP contribution in [0.4, 0.5) is 0 Å². The minimum absolute atomic E-state index is 0.178. The first-order chi connectivity index (χ1) is 12.1. The third-order valence-corrected chi connectivity index (χ3v) is 4.73. The molecule has 28 heavy (non-hydrogen) atoms. The molecule has 0 radical (unpaired) electrons. The second-order valence-electron chi connectivity index (χ2n) is 12.0. The Morgan fingerprint density at radius 3 is 1.25 bits per heavy atom. The SMILES string of the molecule is CC(C)(C)C[N+](C)(CC(C)(C)C)CC(C)(C)C.Cc1ccc(S(=O)(=O)[O-])cc1. The zero-order chi connectivity index (χ0) is 22.6. The van der Waals surface area contributed by atoms with Gasteiger partial charge in [-0.1, -0.05) is 80.0 Å². The van der Waals surface area contributed by atoms with Crippen LogP contribution in [-0.4, -0.2) is 44.1 Å². The average molecular weight is 414 g/mol. The number of hydrogen-bond donors (Lipinski definition) is 0. The van der Waals surface area contributed by atoms with E-state index in [0.717, 1.165) is 5.56 Å². The number of aryl methyl sites for hydroxylation is 1. The smallest absolute Gasteiger partial charge is 0.124 e. The topological polar surface area (TPSA) is 57.2 Å². The van der Waals surface area contributed by atoms with Crippen LogP contribution < -0.4 is 0 Å². The summed E-state index contributed by atoms with van der Waals surface area (Å²) >= 11 is 0. The van der Waals surface area contributed by atoms with Gasteiger partial charge in [-0.2, -0.15) is 0 Å². The fourth-order valence-electron chi connectivity index (χ4n) is 4.31. The molecule has 164 valence electrons. The molecule has 0 aliphatic rings. The third-order valence-electron chi connectivity index (χ3n) is 3.88. The summed E-state index contributed by atoms with van der Waals surface area (Å²) in [6.45, 7) is 26.8. The highest BCUT2D eigenvalue weighted by molar-refractivity contribution is 7.85. The van der Waals surface area contributed by atoms with Gasteiger partial charge < -0.3 is 9.04 Å². The quantitative estimate of drug-likeness (QED) is 0.486. The van der Waals surface area contributed by atoms with E-state index in [-0.39, 0.29) is 4.90 Å². The van der Waals surface area contributed by atoms with E-state index in [0.29, 0.717) is 16.2 Å². The van der Waals surface area contributed by atoms with Crippen molar-refractivity contribution in [1.29, 1.82) is 0 Å². The van der Waals surface area contributed by atoms with E-state index in [1.54, 1.807) is 12.1 Å². The van der Waals surface area contributed by atoms with Gasteiger partial charge in [0, 0.05) is 16.2 Å². The molecule has 0 unspecified atom stereocenters. The Labute approximate surface area is 174 Å². The van der Waals surface area contributed by atoms with Crippen LogP contribution in [0, 0.1) is 23.2 Å². The Hall–Kier alpha value is -0.910. The predicted octanol–water partition coefficient (Wildman–Crippen LogP) is 5.47. The molecule has 5 heteroatoms. The van der Waals surface area contributed by atoms with Crippen molar-refractivity contribution in [1.82, 2.24) is 0 Å². The van der Waals surface area contributed by atoms with Crippen molar-refractivity contribution in [3.05, 3.63) is 29.8 Å². The van der Waals surface area contributed by atoms with Gasteiger partial charge in [0.1, 0.15) is 10.1 Å². The van der Waals surface area contributed by atoms with Gasteiger partial charge in [0.05, 0.1) is 31.6 Å². The molecule has 0 amide bonds. The van der Waals surface area contributed by atoms with E-state index >= 15 is 0 Å². The Morgan fingerprint density at radius 2 is 1.04 bits per heavy atom. The normalized spacial score (nSPS) is 13.7. The predicted molar refractivity (Wildman–Crippen MR) is 118 cm³/mol. The minimum Gasteiger partial charge on any atom is -0.744 e. The summed E-state index contributed by atoms with van der Waals surface area (Å²) in [5, 5.41) is 0. The molecule has 0 spiro atoms. The highest BCUT2D eigenvalue weighted by Gasteiger charge is 2.36. The maximum absolute atomic E-state index is 10.4. The average Bonchev–Trinajstić information content (AvgIpc) is 2.30. The third kappa shape index (κ3) is 13.3. The molecule has 0 atom stereocenters. The van der Waals surface area contributed by atoms with Crippen molar-refractivity contribution >= 4 is 10.1 Å². The Balaban J connectivity index is 0.000000567. The van der Waals surface area contributed by atoms with E-state index in [1.165, 1.54) is 36.3 Å². The lowest BCUT2D eigenvalue weighted by atomic mass is 9.87. The molecule has 0 aromatic heterocycles. The van der Waals surface area contributed by atoms with Crippen molar-refractivity contribution in [2.45, 2.75) is 74.1 Å². The lowest BCUT2D eigenvalue weighted by molar-refractivity contribution is -0.926. The van der Waals surface area contributed by atoms with E-state index < -0.39 is 10.1 Å². The summed E-state index contributed by atoms with van der Waals surface area (Å²) in [5.74, 6) is 0. The molecular formula is C23H43NO3S. The van der Waals surface area contributed by atoms with Crippen LogP contribution in [0.25, 0.3) is 0 Å². The van der Waals surface area contributed by atoms with E-state index in [9.17, 15) is 13.0 Å². The minimum atomic E-state index is -4.27. The van der Waals surface area contributed by atoms with Crippen molar-refractivity contribution in [2.24, 2.45) is 16.2 Å². The highest BCUT2D eigenvalue weighted by atomic mass is 32.2. The molecular weight excluding hydrogens is 370 g/mol. The van der Waals surface area contributed by atoms with Crippen molar-refractivity contribution in [3.8, 4) is 0 Å². The van der Waals surface area contributed by atoms with Gasteiger partial charge in [-0.3, -0.25) is 0 Å². The number of rotatable bonds is 4. The first-order valence-electron chi connectivity index (χ1n) is 9.98. The van der Waals surface area contributed by atoms with Crippen LogP contribution in [0.5, 0.6) is 0 Å². The zero-order valence-corrected chi connectivity index (χ0v) is 20.8. The summed E-state index contributed by atoms with van der Waals surface area (Å²) in [5.41, 5.74) is 2.11. The van der Waals surface area contributed by atoms with E-state index in [2.05, 4.69) is 69.4 Å². The molecule has 1 aromatic carbocycles. The number of hydrogen-bond acceptors (Lipinski definition) is 3. The van der Waals surface area contributed by atoms with Gasteiger partial charge in [0.15, 0.2) is 0 Å². The maximum Gasteiger partial charge on any atom is 0.124 e. The first-order valence-corrected chi connectivity index (χ1v) is 11.4. The monoisotopic (exact) mass is 413 g/mol. The Morgan fingerprint density at radius 1 is 0.750 bits per heavy atom. The molecule has 1 rings (SSSR count). The van der Waals surface area contributed by atoms with E-state index in [1.807, 2.05) is 6.92 Å². The fraction of sp³-hybridized carbons (Fsp3) is 0.739. The van der Waals surface area contributed by atoms with E-state index in [4.69, 9.17) is 0 Å². The standard InChI is InChI=1S/C16H36N.C7H8O3S/c1-14(2,3)11-17(10,12-15(4,5)6)13-16(7,8)9;1-6-2-4-7(5-3-6)11(8,9)10/h11-13H2,1-10H3;2-5H,1H3,(H,8,9,10)/q+1;/p-1. The van der Waals surface area contributed by atoms with Crippen LogP contribution in [-0.2, 0) is 10.1 Å². The van der Waals surface area contributed by atoms with Crippen LogP contribution in [0.1, 0.15) is 67.9 Å². The molecule has 0 aliphatic heterocycles. The first kappa shape index (κ1) is 27.1. The van der Waals surface area contributed by atoms with Crippen LogP contribution in [0.2, 0.25) is 0 Å². The van der Waals surface area contributed by atoms with Gasteiger partial charge in [0.25, 0.3) is 0 Å². The van der Waals surface area contributed by atoms with Gasteiger partial charge >= 0.3 is 0 Å². The summed E-state index contributed by atoms with van der Waals surface area (Å²) in [6, 6.07) is 5.78. The van der Waals surface area contributed by atoms with Crippen LogP contribution >= 0.6 is 0 Å².